The highest BCUT2D eigenvalue weighted by Crippen LogP contribution is 2.24. The summed E-state index contributed by atoms with van der Waals surface area (Å²) in [7, 11) is -3.77. The quantitative estimate of drug-likeness (QED) is 0.814. The van der Waals surface area contributed by atoms with Crippen LogP contribution < -0.4 is 5.32 Å². The molecule has 0 bridgehead atoms. The molecule has 0 radical (unpaired) electrons. The average Bonchev–Trinajstić information content (AvgIpc) is 2.82. The van der Waals surface area contributed by atoms with E-state index in [1.54, 1.807) is 0 Å². The maximum Gasteiger partial charge on any atom is 0.246 e. The monoisotopic (exact) mass is 300 g/mol. The lowest BCUT2D eigenvalue weighted by molar-refractivity contribution is -0.134. The Balaban J connectivity index is 1.85. The van der Waals surface area contributed by atoms with E-state index in [4.69, 9.17) is 4.74 Å². The van der Waals surface area contributed by atoms with E-state index >= 15 is 0 Å². The summed E-state index contributed by atoms with van der Waals surface area (Å²) in [4.78, 5) is 11.1. The van der Waals surface area contributed by atoms with Crippen molar-refractivity contribution in [1.29, 1.82) is 0 Å². The van der Waals surface area contributed by atoms with Crippen LogP contribution in [0.3, 0.4) is 0 Å². The predicted molar refractivity (Wildman–Crippen MR) is 66.8 cm³/mol. The SMILES string of the molecule is O=C1CO[C@@H]2CN(S(=O)(=O)c3cccc(F)c3)C[C@@H]2N1. The normalized spacial score (nSPS) is 27.1. The molecule has 2 aliphatic heterocycles. The lowest BCUT2D eigenvalue weighted by atomic mass is 10.2. The maximum atomic E-state index is 13.2. The zero-order chi connectivity index (χ0) is 14.3. The van der Waals surface area contributed by atoms with Gasteiger partial charge in [-0.15, -0.1) is 0 Å². The largest absolute Gasteiger partial charge is 0.365 e. The van der Waals surface area contributed by atoms with Crippen LogP contribution in [0.2, 0.25) is 0 Å². The van der Waals surface area contributed by atoms with Gasteiger partial charge in [0.1, 0.15) is 12.4 Å². The average molecular weight is 300 g/mol. The fraction of sp³-hybridized carbons (Fsp3) is 0.417. The fourth-order valence-corrected chi connectivity index (χ4v) is 3.96. The number of nitrogens with zero attached hydrogens (tertiary/aromatic N) is 1. The molecule has 2 heterocycles. The number of ether oxygens (including phenoxy) is 1. The third kappa shape index (κ3) is 2.30. The molecule has 1 N–H and O–H groups in total. The van der Waals surface area contributed by atoms with Gasteiger partial charge in [0.15, 0.2) is 0 Å². The number of benzene rings is 1. The van der Waals surface area contributed by atoms with Crippen LogP contribution in [0.25, 0.3) is 0 Å². The number of morpholine rings is 1. The first kappa shape index (κ1) is 13.5. The highest BCUT2D eigenvalue weighted by molar-refractivity contribution is 7.89. The van der Waals surface area contributed by atoms with Gasteiger partial charge in [0.2, 0.25) is 15.9 Å². The second kappa shape index (κ2) is 4.80. The Labute approximate surface area is 115 Å². The van der Waals surface area contributed by atoms with E-state index < -0.39 is 15.8 Å². The molecule has 1 aromatic rings. The molecule has 2 fully saturated rings. The van der Waals surface area contributed by atoms with Crippen LogP contribution in [0.15, 0.2) is 29.2 Å². The molecule has 2 atom stereocenters. The second-order valence-electron chi connectivity index (χ2n) is 4.80. The van der Waals surface area contributed by atoms with Crippen LogP contribution in [0, 0.1) is 5.82 Å². The third-order valence-electron chi connectivity index (χ3n) is 3.44. The molecule has 0 aliphatic carbocycles. The summed E-state index contributed by atoms with van der Waals surface area (Å²) < 4.78 is 44.5. The Morgan fingerprint density at radius 2 is 2.15 bits per heavy atom. The molecule has 1 amide bonds. The summed E-state index contributed by atoms with van der Waals surface area (Å²) in [6.45, 7) is 0.230. The van der Waals surface area contributed by atoms with E-state index in [0.29, 0.717) is 0 Å². The number of hydrogen-bond acceptors (Lipinski definition) is 4. The number of nitrogens with one attached hydrogen (secondary N) is 1. The van der Waals surface area contributed by atoms with Crippen molar-refractivity contribution in [2.75, 3.05) is 19.7 Å². The summed E-state index contributed by atoms with van der Waals surface area (Å²) in [5.74, 6) is -0.858. The number of hydrogen-bond donors (Lipinski definition) is 1. The van der Waals surface area contributed by atoms with Crippen molar-refractivity contribution in [2.45, 2.75) is 17.0 Å². The topological polar surface area (TPSA) is 75.7 Å². The van der Waals surface area contributed by atoms with Crippen LogP contribution in [-0.4, -0.2) is 50.5 Å². The first-order valence-corrected chi connectivity index (χ1v) is 7.57. The van der Waals surface area contributed by atoms with E-state index in [2.05, 4.69) is 5.32 Å². The first-order chi connectivity index (χ1) is 9.46. The van der Waals surface area contributed by atoms with Crippen LogP contribution in [0.4, 0.5) is 4.39 Å². The molecule has 6 nitrogen and oxygen atoms in total. The van der Waals surface area contributed by atoms with Crippen LogP contribution >= 0.6 is 0 Å². The molecule has 2 aliphatic rings. The van der Waals surface area contributed by atoms with Crippen LogP contribution in [0.1, 0.15) is 0 Å². The molecular weight excluding hydrogens is 287 g/mol. The fourth-order valence-electron chi connectivity index (χ4n) is 2.45. The standard InChI is InChI=1S/C12H13FN2O4S/c13-8-2-1-3-9(4-8)20(17,18)15-5-10-11(6-15)19-7-12(16)14-10/h1-4,10-11H,5-7H2,(H,14,16)/t10-,11+/m0/s1. The zero-order valence-electron chi connectivity index (χ0n) is 10.5. The summed E-state index contributed by atoms with van der Waals surface area (Å²) in [6, 6.07) is 4.52. The van der Waals surface area contributed by atoms with Gasteiger partial charge < -0.3 is 10.1 Å². The minimum atomic E-state index is -3.77. The van der Waals surface area contributed by atoms with Gasteiger partial charge >= 0.3 is 0 Å². The molecule has 0 unspecified atom stereocenters. The van der Waals surface area contributed by atoms with Gasteiger partial charge in [0, 0.05) is 13.1 Å². The summed E-state index contributed by atoms with van der Waals surface area (Å²) in [6.07, 6.45) is -0.351. The van der Waals surface area contributed by atoms with Crippen molar-refractivity contribution in [1.82, 2.24) is 9.62 Å². The number of carbonyl (C=O) groups is 1. The molecule has 2 saturated heterocycles. The smallest absolute Gasteiger partial charge is 0.246 e. The van der Waals surface area contributed by atoms with Gasteiger partial charge in [0.05, 0.1) is 17.0 Å². The molecular formula is C12H13FN2O4S. The molecule has 108 valence electrons. The second-order valence-corrected chi connectivity index (χ2v) is 6.74. The highest BCUT2D eigenvalue weighted by Gasteiger charge is 2.43. The van der Waals surface area contributed by atoms with E-state index in [-0.39, 0.29) is 42.6 Å². The minimum Gasteiger partial charge on any atom is -0.365 e. The van der Waals surface area contributed by atoms with E-state index in [0.717, 1.165) is 6.07 Å². The van der Waals surface area contributed by atoms with Crippen molar-refractivity contribution in [2.24, 2.45) is 0 Å². The summed E-state index contributed by atoms with van der Waals surface area (Å²) in [5, 5.41) is 2.70. The predicted octanol–water partition coefficient (Wildman–Crippen LogP) is -0.286. The molecule has 1 aromatic carbocycles. The molecule has 0 saturated carbocycles. The van der Waals surface area contributed by atoms with Gasteiger partial charge in [-0.2, -0.15) is 4.31 Å². The summed E-state index contributed by atoms with van der Waals surface area (Å²) in [5.41, 5.74) is 0. The van der Waals surface area contributed by atoms with Crippen LogP contribution in [0.5, 0.6) is 0 Å². The molecule has 20 heavy (non-hydrogen) atoms. The first-order valence-electron chi connectivity index (χ1n) is 6.13. The van der Waals surface area contributed by atoms with Gasteiger partial charge in [-0.3, -0.25) is 4.79 Å². The Bertz CT molecular complexity index is 649. The molecule has 0 aromatic heterocycles. The molecule has 3 rings (SSSR count). The number of carbonyl (C=O) groups excluding carboxylic acids is 1. The lowest BCUT2D eigenvalue weighted by Crippen LogP contribution is -2.50. The van der Waals surface area contributed by atoms with E-state index in [9.17, 15) is 17.6 Å². The van der Waals surface area contributed by atoms with E-state index in [1.165, 1.54) is 22.5 Å². The maximum absolute atomic E-state index is 13.2. The Hall–Kier alpha value is -1.51. The van der Waals surface area contributed by atoms with Gasteiger partial charge in [-0.05, 0) is 18.2 Å². The Kier molecular flexibility index (Phi) is 3.23. The van der Waals surface area contributed by atoms with Crippen molar-refractivity contribution < 1.29 is 22.3 Å². The number of halogens is 1. The van der Waals surface area contributed by atoms with Crippen molar-refractivity contribution >= 4 is 15.9 Å². The van der Waals surface area contributed by atoms with Gasteiger partial charge in [-0.25, -0.2) is 12.8 Å². The Morgan fingerprint density at radius 1 is 1.35 bits per heavy atom. The third-order valence-corrected chi connectivity index (χ3v) is 5.27. The molecule has 0 spiro atoms. The number of sulfonamides is 1. The van der Waals surface area contributed by atoms with Crippen molar-refractivity contribution in [3.8, 4) is 0 Å². The molecule has 8 heteroatoms. The van der Waals surface area contributed by atoms with Gasteiger partial charge in [0.25, 0.3) is 0 Å². The van der Waals surface area contributed by atoms with Crippen LogP contribution in [-0.2, 0) is 19.6 Å². The minimum absolute atomic E-state index is 0.0605. The van der Waals surface area contributed by atoms with Crippen molar-refractivity contribution in [3.05, 3.63) is 30.1 Å². The Morgan fingerprint density at radius 3 is 2.90 bits per heavy atom. The summed E-state index contributed by atoms with van der Waals surface area (Å²) >= 11 is 0. The lowest BCUT2D eigenvalue weighted by Gasteiger charge is -2.24. The number of amides is 1. The van der Waals surface area contributed by atoms with Crippen molar-refractivity contribution in [3.63, 3.8) is 0 Å². The highest BCUT2D eigenvalue weighted by atomic mass is 32.2. The van der Waals surface area contributed by atoms with E-state index in [1.807, 2.05) is 0 Å². The number of rotatable bonds is 2. The zero-order valence-corrected chi connectivity index (χ0v) is 11.3. The number of fused-ring (bicyclic) bond motifs is 1. The van der Waals surface area contributed by atoms with Gasteiger partial charge in [-0.1, -0.05) is 6.07 Å².